The van der Waals surface area contributed by atoms with E-state index in [0.29, 0.717) is 0 Å². The van der Waals surface area contributed by atoms with Crippen molar-refractivity contribution < 1.29 is 9.53 Å². The van der Waals surface area contributed by atoms with Gasteiger partial charge in [-0.25, -0.2) is 0 Å². The molecule has 3 nitrogen and oxygen atoms in total. The smallest absolute Gasteiger partial charge is 0.219 e. The fourth-order valence-electron chi connectivity index (χ4n) is 1.51. The minimum absolute atomic E-state index is 0.103. The van der Waals surface area contributed by atoms with Crippen LogP contribution in [0.1, 0.15) is 13.3 Å². The van der Waals surface area contributed by atoms with Crippen LogP contribution in [0.3, 0.4) is 0 Å². The molecule has 2 fully saturated rings. The molecule has 0 aliphatic carbocycles. The lowest BCUT2D eigenvalue weighted by atomic mass is 9.86. The topological polar surface area (TPSA) is 29.5 Å². The van der Waals surface area contributed by atoms with Gasteiger partial charge in [-0.2, -0.15) is 0 Å². The maximum Gasteiger partial charge on any atom is 0.219 e. The molecule has 0 atom stereocenters. The average Bonchev–Trinajstić information content (AvgIpc) is 1.54. The van der Waals surface area contributed by atoms with Gasteiger partial charge in [-0.1, -0.05) is 0 Å². The molecule has 0 radical (unpaired) electrons. The van der Waals surface area contributed by atoms with Crippen LogP contribution in [0.15, 0.2) is 0 Å². The van der Waals surface area contributed by atoms with Crippen molar-refractivity contribution in [3.8, 4) is 0 Å². The quantitative estimate of drug-likeness (QED) is 0.475. The van der Waals surface area contributed by atoms with E-state index in [9.17, 15) is 4.79 Å². The Hall–Kier alpha value is -0.570. The third-order valence-electron chi connectivity index (χ3n) is 2.37. The maximum atomic E-state index is 10.7. The fourth-order valence-corrected chi connectivity index (χ4v) is 1.51. The summed E-state index contributed by atoms with van der Waals surface area (Å²) < 4.78 is 5.34. The number of hydrogen-bond acceptors (Lipinski definition) is 2. The molecule has 1 amide bonds. The molecule has 0 bridgehead atoms. The van der Waals surface area contributed by atoms with Gasteiger partial charge >= 0.3 is 0 Å². The van der Waals surface area contributed by atoms with Gasteiger partial charge in [-0.05, 0) is 0 Å². The molecule has 56 valence electrons. The second-order valence-corrected chi connectivity index (χ2v) is 3.16. The lowest BCUT2D eigenvalue weighted by Crippen LogP contribution is -2.69. The molecule has 0 aromatic rings. The van der Waals surface area contributed by atoms with Crippen molar-refractivity contribution in [3.63, 3.8) is 0 Å². The molecular weight excluding hydrogens is 130 g/mol. The van der Waals surface area contributed by atoms with Crippen LogP contribution in [0.2, 0.25) is 0 Å². The minimum Gasteiger partial charge on any atom is -0.371 e. The van der Waals surface area contributed by atoms with Crippen molar-refractivity contribution in [1.82, 2.24) is 4.90 Å². The zero-order chi connectivity index (χ0) is 7.19. The monoisotopic (exact) mass is 141 g/mol. The minimum atomic E-state index is 0.103. The third-order valence-corrected chi connectivity index (χ3v) is 2.37. The second-order valence-electron chi connectivity index (χ2n) is 3.16. The van der Waals surface area contributed by atoms with E-state index in [-0.39, 0.29) is 11.5 Å². The second kappa shape index (κ2) is 1.72. The molecule has 2 rings (SSSR count). The normalized spacial score (nSPS) is 27.5. The van der Waals surface area contributed by atoms with Gasteiger partial charge in [0.2, 0.25) is 5.91 Å². The molecule has 2 saturated heterocycles. The first-order valence-corrected chi connectivity index (χ1v) is 3.61. The number of rotatable bonds is 0. The molecule has 2 aliphatic rings. The molecule has 1 spiro atoms. The molecule has 0 aromatic carbocycles. The zero-order valence-electron chi connectivity index (χ0n) is 6.09. The lowest BCUT2D eigenvalue weighted by Gasteiger charge is -2.54. The van der Waals surface area contributed by atoms with Gasteiger partial charge in [0.25, 0.3) is 0 Å². The molecule has 0 aromatic heterocycles. The van der Waals surface area contributed by atoms with Crippen LogP contribution in [0.4, 0.5) is 0 Å². The maximum absolute atomic E-state index is 10.7. The van der Waals surface area contributed by atoms with Crippen LogP contribution in [0, 0.1) is 0 Å². The predicted molar refractivity (Wildman–Crippen MR) is 35.6 cm³/mol. The summed E-state index contributed by atoms with van der Waals surface area (Å²) >= 11 is 0. The number of carbonyl (C=O) groups is 1. The highest BCUT2D eigenvalue weighted by atomic mass is 16.5. The first-order chi connectivity index (χ1) is 4.72. The zero-order valence-corrected chi connectivity index (χ0v) is 6.09. The van der Waals surface area contributed by atoms with E-state index in [1.807, 2.05) is 4.90 Å². The summed E-state index contributed by atoms with van der Waals surface area (Å²) in [5, 5.41) is 0. The van der Waals surface area contributed by atoms with Gasteiger partial charge < -0.3 is 9.64 Å². The Bertz CT molecular complexity index is 166. The average molecular weight is 141 g/mol. The summed E-state index contributed by atoms with van der Waals surface area (Å²) in [5.41, 5.74) is 0.103. The largest absolute Gasteiger partial charge is 0.371 e. The highest BCUT2D eigenvalue weighted by Gasteiger charge is 2.49. The molecule has 2 heterocycles. The van der Waals surface area contributed by atoms with Crippen LogP contribution < -0.4 is 0 Å². The fraction of sp³-hybridized carbons (Fsp3) is 0.857. The van der Waals surface area contributed by atoms with E-state index in [0.717, 1.165) is 26.1 Å². The number of likely N-dealkylation sites (tertiary alicyclic amines) is 1. The molecule has 0 saturated carbocycles. The van der Waals surface area contributed by atoms with Crippen LogP contribution in [0.5, 0.6) is 0 Å². The van der Waals surface area contributed by atoms with E-state index in [1.54, 1.807) is 6.92 Å². The van der Waals surface area contributed by atoms with E-state index < -0.39 is 0 Å². The van der Waals surface area contributed by atoms with E-state index in [2.05, 4.69) is 0 Å². The summed E-state index contributed by atoms with van der Waals surface area (Å²) in [6.45, 7) is 4.13. The lowest BCUT2D eigenvalue weighted by molar-refractivity contribution is -0.220. The Balaban J connectivity index is 1.88. The summed E-state index contributed by atoms with van der Waals surface area (Å²) in [6, 6.07) is 0. The molecule has 3 heteroatoms. The van der Waals surface area contributed by atoms with Crippen molar-refractivity contribution >= 4 is 5.91 Å². The van der Waals surface area contributed by atoms with Gasteiger partial charge in [0, 0.05) is 13.3 Å². The summed E-state index contributed by atoms with van der Waals surface area (Å²) in [4.78, 5) is 12.5. The Labute approximate surface area is 60.0 Å². The molecule has 0 N–H and O–H groups in total. The number of ether oxygens (including phenoxy) is 1. The van der Waals surface area contributed by atoms with Crippen molar-refractivity contribution in [2.45, 2.75) is 18.9 Å². The van der Waals surface area contributed by atoms with E-state index in [1.165, 1.54) is 0 Å². The number of carbonyl (C=O) groups excluding carboxylic acids is 1. The van der Waals surface area contributed by atoms with Crippen LogP contribution in [-0.4, -0.2) is 36.1 Å². The Morgan fingerprint density at radius 2 is 2.20 bits per heavy atom. The van der Waals surface area contributed by atoms with Gasteiger partial charge in [0.05, 0.1) is 19.7 Å². The van der Waals surface area contributed by atoms with Crippen molar-refractivity contribution in [1.29, 1.82) is 0 Å². The predicted octanol–water partition coefficient (Wildman–Crippen LogP) is 0.00760. The van der Waals surface area contributed by atoms with Crippen LogP contribution in [0.25, 0.3) is 0 Å². The molecule has 2 aliphatic heterocycles. The standard InChI is InChI=1S/C7H11NO2/c1-6(9)8-4-7(5-8)2-3-10-7/h2-5H2,1H3. The van der Waals surface area contributed by atoms with Gasteiger partial charge in [0.15, 0.2) is 0 Å². The number of hydrogen-bond donors (Lipinski definition) is 0. The highest BCUT2D eigenvalue weighted by molar-refractivity contribution is 5.74. The molecular formula is C7H11NO2. The van der Waals surface area contributed by atoms with Crippen LogP contribution in [-0.2, 0) is 9.53 Å². The van der Waals surface area contributed by atoms with E-state index in [4.69, 9.17) is 4.74 Å². The summed E-state index contributed by atoms with van der Waals surface area (Å²) in [7, 11) is 0. The highest BCUT2D eigenvalue weighted by Crippen LogP contribution is 2.35. The Kier molecular flexibility index (Phi) is 1.06. The third kappa shape index (κ3) is 0.669. The van der Waals surface area contributed by atoms with Crippen molar-refractivity contribution in [2.24, 2.45) is 0 Å². The number of nitrogens with zero attached hydrogens (tertiary/aromatic N) is 1. The van der Waals surface area contributed by atoms with Gasteiger partial charge in [0.1, 0.15) is 5.60 Å². The van der Waals surface area contributed by atoms with Crippen molar-refractivity contribution in [2.75, 3.05) is 19.7 Å². The van der Waals surface area contributed by atoms with Gasteiger partial charge in [-0.15, -0.1) is 0 Å². The first-order valence-electron chi connectivity index (χ1n) is 3.61. The summed E-state index contributed by atoms with van der Waals surface area (Å²) in [6.07, 6.45) is 1.14. The molecule has 10 heavy (non-hydrogen) atoms. The number of amides is 1. The van der Waals surface area contributed by atoms with Gasteiger partial charge in [-0.3, -0.25) is 4.79 Å². The van der Waals surface area contributed by atoms with E-state index >= 15 is 0 Å². The summed E-state index contributed by atoms with van der Waals surface area (Å²) in [5.74, 6) is 0.168. The Morgan fingerprint density at radius 1 is 1.60 bits per heavy atom. The molecule has 0 unspecified atom stereocenters. The van der Waals surface area contributed by atoms with Crippen LogP contribution >= 0.6 is 0 Å². The SMILES string of the molecule is CC(=O)N1CC2(CCO2)C1. The first kappa shape index (κ1) is 6.16. The van der Waals surface area contributed by atoms with Crippen molar-refractivity contribution in [3.05, 3.63) is 0 Å². The Morgan fingerprint density at radius 3 is 2.50 bits per heavy atom.